The van der Waals surface area contributed by atoms with Crippen molar-refractivity contribution in [3.63, 3.8) is 0 Å². The smallest absolute Gasteiger partial charge is 0.115 e. The molecule has 144 valence electrons. The number of rotatable bonds is 12. The van der Waals surface area contributed by atoms with Gasteiger partial charge in [0.05, 0.1) is 0 Å². The van der Waals surface area contributed by atoms with E-state index in [0.717, 1.165) is 25.7 Å². The van der Waals surface area contributed by atoms with Crippen molar-refractivity contribution in [2.75, 3.05) is 26.4 Å². The maximum atomic E-state index is 10.6. The Kier molecular flexibility index (Phi) is 11.1. The predicted molar refractivity (Wildman–Crippen MR) is 92.1 cm³/mol. The first-order valence-corrected chi connectivity index (χ1v) is 9.44. The zero-order valence-corrected chi connectivity index (χ0v) is 15.6. The van der Waals surface area contributed by atoms with Crippen molar-refractivity contribution >= 4 is 0 Å². The number of aliphatic hydroxyl groups excluding tert-OH is 2. The lowest BCUT2D eigenvalue weighted by Gasteiger charge is -2.47. The second-order valence-corrected chi connectivity index (χ2v) is 6.32. The number of ether oxygens (including phenoxy) is 4. The van der Waals surface area contributed by atoms with Crippen LogP contribution in [-0.2, 0) is 18.9 Å². The predicted octanol–water partition coefficient (Wildman–Crippen LogP) is 1.90. The van der Waals surface area contributed by atoms with Crippen LogP contribution in [0.15, 0.2) is 0 Å². The zero-order valence-electron chi connectivity index (χ0n) is 15.6. The molecule has 6 nitrogen and oxygen atoms in total. The van der Waals surface area contributed by atoms with Crippen molar-refractivity contribution in [1.82, 2.24) is 0 Å². The molecule has 0 heterocycles. The molecule has 24 heavy (non-hydrogen) atoms. The van der Waals surface area contributed by atoms with Crippen LogP contribution in [-0.4, -0.2) is 73.3 Å². The highest BCUT2D eigenvalue weighted by atomic mass is 16.6. The van der Waals surface area contributed by atoms with E-state index in [1.807, 2.05) is 27.7 Å². The fourth-order valence-electron chi connectivity index (χ4n) is 2.93. The van der Waals surface area contributed by atoms with Crippen LogP contribution < -0.4 is 0 Å². The molecule has 1 fully saturated rings. The maximum absolute atomic E-state index is 10.6. The van der Waals surface area contributed by atoms with Crippen LogP contribution in [0.5, 0.6) is 0 Å². The van der Waals surface area contributed by atoms with Crippen molar-refractivity contribution in [2.45, 2.75) is 90.0 Å². The molecule has 1 rings (SSSR count). The molecule has 2 N–H and O–H groups in total. The molecule has 0 aromatic carbocycles. The van der Waals surface area contributed by atoms with E-state index < -0.39 is 36.6 Å². The first-order valence-electron chi connectivity index (χ1n) is 9.44. The van der Waals surface area contributed by atoms with E-state index >= 15 is 0 Å². The Labute approximate surface area is 146 Å². The highest BCUT2D eigenvalue weighted by Gasteiger charge is 2.52. The van der Waals surface area contributed by atoms with Crippen LogP contribution in [0.4, 0.5) is 0 Å². The summed E-state index contributed by atoms with van der Waals surface area (Å²) < 4.78 is 23.6. The van der Waals surface area contributed by atoms with Crippen molar-refractivity contribution in [3.8, 4) is 0 Å². The minimum Gasteiger partial charge on any atom is -0.387 e. The van der Waals surface area contributed by atoms with Crippen LogP contribution in [0.1, 0.15) is 53.4 Å². The van der Waals surface area contributed by atoms with Crippen LogP contribution >= 0.6 is 0 Å². The Morgan fingerprint density at radius 3 is 1.00 bits per heavy atom. The molecule has 0 spiro atoms. The van der Waals surface area contributed by atoms with Crippen molar-refractivity contribution in [2.24, 2.45) is 0 Å². The van der Waals surface area contributed by atoms with Crippen LogP contribution in [0.2, 0.25) is 0 Å². The lowest BCUT2D eigenvalue weighted by atomic mass is 9.84. The average molecular weight is 348 g/mol. The first kappa shape index (κ1) is 21.8. The normalized spacial score (nSPS) is 33.8. The lowest BCUT2D eigenvalue weighted by Crippen LogP contribution is -2.66. The summed E-state index contributed by atoms with van der Waals surface area (Å²) >= 11 is 0. The van der Waals surface area contributed by atoms with Gasteiger partial charge in [0.2, 0.25) is 0 Å². The molecule has 1 aliphatic carbocycles. The molecule has 6 atom stereocenters. The van der Waals surface area contributed by atoms with Crippen molar-refractivity contribution in [3.05, 3.63) is 0 Å². The fraction of sp³-hybridized carbons (Fsp3) is 1.00. The van der Waals surface area contributed by atoms with Gasteiger partial charge in [-0.05, 0) is 25.7 Å². The van der Waals surface area contributed by atoms with Gasteiger partial charge in [-0.15, -0.1) is 0 Å². The van der Waals surface area contributed by atoms with E-state index in [9.17, 15) is 10.2 Å². The Balaban J connectivity index is 2.99. The van der Waals surface area contributed by atoms with Gasteiger partial charge in [0.25, 0.3) is 0 Å². The molecule has 0 aromatic rings. The molecule has 0 radical (unpaired) electrons. The summed E-state index contributed by atoms with van der Waals surface area (Å²) in [5.74, 6) is 0. The third kappa shape index (κ3) is 5.93. The largest absolute Gasteiger partial charge is 0.387 e. The summed E-state index contributed by atoms with van der Waals surface area (Å²) in [6, 6.07) is 0. The molecule has 0 unspecified atom stereocenters. The SMILES string of the molecule is CCCO[C@@H]1[C@@H](OCCC)[C@H](OCCC)[C@@H](O)[C@@H](O)[C@H]1OCCC. The molecule has 1 saturated carbocycles. The maximum Gasteiger partial charge on any atom is 0.115 e. The minimum absolute atomic E-state index is 0.455. The molecule has 0 amide bonds. The Hall–Kier alpha value is -0.240. The van der Waals surface area contributed by atoms with Crippen molar-refractivity contribution < 1.29 is 29.2 Å². The van der Waals surface area contributed by atoms with Gasteiger partial charge in [-0.25, -0.2) is 0 Å². The van der Waals surface area contributed by atoms with Gasteiger partial charge in [0.15, 0.2) is 0 Å². The second-order valence-electron chi connectivity index (χ2n) is 6.32. The molecular formula is C18H36O6. The van der Waals surface area contributed by atoms with E-state index in [4.69, 9.17) is 18.9 Å². The molecular weight excluding hydrogens is 312 g/mol. The van der Waals surface area contributed by atoms with Gasteiger partial charge in [-0.1, -0.05) is 27.7 Å². The molecule has 1 aliphatic rings. The van der Waals surface area contributed by atoms with Gasteiger partial charge in [0.1, 0.15) is 36.6 Å². The number of hydrogen-bond acceptors (Lipinski definition) is 6. The highest BCUT2D eigenvalue weighted by molar-refractivity contribution is 5.02. The van der Waals surface area contributed by atoms with Crippen LogP contribution in [0.25, 0.3) is 0 Å². The summed E-state index contributed by atoms with van der Waals surface area (Å²) in [5.41, 5.74) is 0. The fourth-order valence-corrected chi connectivity index (χ4v) is 2.93. The van der Waals surface area contributed by atoms with E-state index in [-0.39, 0.29) is 0 Å². The van der Waals surface area contributed by atoms with E-state index in [0.29, 0.717) is 26.4 Å². The quantitative estimate of drug-likeness (QED) is 0.561. The standard InChI is InChI=1S/C18H36O6/c1-5-9-21-15-13(19)14(20)16(22-10-6-2)18(24-12-8-4)17(15)23-11-7-3/h13-20H,5-12H2,1-4H3/t13-,14+,15-,16-,17+,18+/m1/s1. The van der Waals surface area contributed by atoms with Crippen LogP contribution in [0, 0.1) is 0 Å². The summed E-state index contributed by atoms with van der Waals surface area (Å²) in [4.78, 5) is 0. The highest BCUT2D eigenvalue weighted by Crippen LogP contribution is 2.30. The summed E-state index contributed by atoms with van der Waals surface area (Å²) in [6.07, 6.45) is -0.876. The molecule has 6 heteroatoms. The lowest BCUT2D eigenvalue weighted by molar-refractivity contribution is -0.265. The topological polar surface area (TPSA) is 77.4 Å². The summed E-state index contributed by atoms with van der Waals surface area (Å²) in [7, 11) is 0. The number of hydrogen-bond donors (Lipinski definition) is 2. The van der Waals surface area contributed by atoms with Gasteiger partial charge in [-0.3, -0.25) is 0 Å². The molecule has 0 aliphatic heterocycles. The monoisotopic (exact) mass is 348 g/mol. The van der Waals surface area contributed by atoms with Crippen LogP contribution in [0.3, 0.4) is 0 Å². The van der Waals surface area contributed by atoms with E-state index in [1.165, 1.54) is 0 Å². The van der Waals surface area contributed by atoms with Gasteiger partial charge in [-0.2, -0.15) is 0 Å². The van der Waals surface area contributed by atoms with E-state index in [1.54, 1.807) is 0 Å². The Morgan fingerprint density at radius 1 is 0.500 bits per heavy atom. The summed E-state index contributed by atoms with van der Waals surface area (Å²) in [6.45, 7) is 10.2. The zero-order chi connectivity index (χ0) is 17.9. The van der Waals surface area contributed by atoms with Gasteiger partial charge < -0.3 is 29.2 Å². The Morgan fingerprint density at radius 2 is 0.750 bits per heavy atom. The van der Waals surface area contributed by atoms with Crippen molar-refractivity contribution in [1.29, 1.82) is 0 Å². The number of aliphatic hydroxyl groups is 2. The Bertz CT molecular complexity index is 284. The summed E-state index contributed by atoms with van der Waals surface area (Å²) in [5, 5.41) is 21.1. The van der Waals surface area contributed by atoms with E-state index in [2.05, 4.69) is 0 Å². The van der Waals surface area contributed by atoms with Gasteiger partial charge in [0, 0.05) is 26.4 Å². The second kappa shape index (κ2) is 12.2. The molecule has 0 saturated heterocycles. The molecule has 0 aromatic heterocycles. The molecule has 0 bridgehead atoms. The third-order valence-corrected chi connectivity index (χ3v) is 4.05. The van der Waals surface area contributed by atoms with Gasteiger partial charge >= 0.3 is 0 Å². The minimum atomic E-state index is -1.05. The third-order valence-electron chi connectivity index (χ3n) is 4.05. The average Bonchev–Trinajstić information content (AvgIpc) is 2.59. The first-order chi connectivity index (χ1) is 11.6.